The van der Waals surface area contributed by atoms with Crippen molar-refractivity contribution in [3.05, 3.63) is 82.4 Å². The minimum atomic E-state index is -0.639. The number of fused-ring (bicyclic) bond motifs is 1. The Morgan fingerprint density at radius 1 is 0.963 bits per heavy atom. The number of methoxy groups -OCH3 is 1. The van der Waals surface area contributed by atoms with Crippen molar-refractivity contribution in [3.8, 4) is 11.1 Å². The summed E-state index contributed by atoms with van der Waals surface area (Å²) in [6.45, 7) is 6.51. The van der Waals surface area contributed by atoms with Gasteiger partial charge in [-0.15, -0.1) is 0 Å². The van der Waals surface area contributed by atoms with Crippen LogP contribution in [-0.4, -0.2) is 18.2 Å². The van der Waals surface area contributed by atoms with E-state index in [1.54, 1.807) is 24.3 Å². The fraction of sp³-hybridized carbons (Fsp3) is 0.292. The monoisotopic (exact) mass is 362 g/mol. The predicted molar refractivity (Wildman–Crippen MR) is 108 cm³/mol. The number of hydrogen-bond donors (Lipinski definition) is 1. The van der Waals surface area contributed by atoms with E-state index in [0.29, 0.717) is 17.9 Å². The lowest BCUT2D eigenvalue weighted by Gasteiger charge is -2.13. The van der Waals surface area contributed by atoms with Gasteiger partial charge in [-0.05, 0) is 58.4 Å². The molecule has 0 bridgehead atoms. The van der Waals surface area contributed by atoms with Crippen LogP contribution < -0.4 is 0 Å². The van der Waals surface area contributed by atoms with Gasteiger partial charge in [0.05, 0.1) is 18.8 Å². The summed E-state index contributed by atoms with van der Waals surface area (Å²) in [5.41, 5.74) is 7.36. The van der Waals surface area contributed by atoms with Crippen LogP contribution in [0.4, 0.5) is 0 Å². The molecule has 3 heteroatoms. The molecule has 1 unspecified atom stereocenters. The highest BCUT2D eigenvalue weighted by molar-refractivity contribution is 5.89. The Bertz CT molecular complexity index is 910. The van der Waals surface area contributed by atoms with Crippen molar-refractivity contribution in [2.45, 2.75) is 39.2 Å². The highest BCUT2D eigenvalue weighted by Gasteiger charge is 2.16. The molecule has 1 aromatic carbocycles. The van der Waals surface area contributed by atoms with Gasteiger partial charge >= 0.3 is 5.97 Å². The molecular formula is C24H26O3. The number of benzene rings is 1. The summed E-state index contributed by atoms with van der Waals surface area (Å²) in [6.07, 6.45) is -0.121. The molecule has 3 rings (SSSR count). The van der Waals surface area contributed by atoms with Gasteiger partial charge < -0.3 is 9.84 Å². The van der Waals surface area contributed by atoms with Crippen LogP contribution in [0.5, 0.6) is 0 Å². The molecule has 1 N–H and O–H groups in total. The number of carbonyl (C=O) groups is 1. The predicted octanol–water partition coefficient (Wildman–Crippen LogP) is 5.29. The van der Waals surface area contributed by atoms with Crippen LogP contribution in [0, 0.1) is 6.92 Å². The molecule has 3 nitrogen and oxygen atoms in total. The first-order valence-electron chi connectivity index (χ1n) is 9.29. The Labute approximate surface area is 161 Å². The van der Waals surface area contributed by atoms with Gasteiger partial charge in [-0.3, -0.25) is 0 Å². The molecule has 140 valence electrons. The molecule has 2 aliphatic rings. The summed E-state index contributed by atoms with van der Waals surface area (Å²) >= 11 is 0. The van der Waals surface area contributed by atoms with E-state index in [-0.39, 0.29) is 5.97 Å². The zero-order valence-corrected chi connectivity index (χ0v) is 16.3. The Kier molecular flexibility index (Phi) is 5.62. The van der Waals surface area contributed by atoms with Crippen LogP contribution in [0.3, 0.4) is 0 Å². The molecule has 0 aliphatic heterocycles. The normalized spacial score (nSPS) is 12.4. The number of aliphatic hydroxyl groups is 1. The quantitative estimate of drug-likeness (QED) is 0.628. The van der Waals surface area contributed by atoms with Crippen LogP contribution in [-0.2, 0) is 11.2 Å². The van der Waals surface area contributed by atoms with Crippen molar-refractivity contribution in [3.63, 3.8) is 0 Å². The van der Waals surface area contributed by atoms with Gasteiger partial charge in [0.1, 0.15) is 0 Å². The number of esters is 1. The standard InChI is InChI=1S/C24H26O3/c1-15(2)19-10-11-20(21-12-5-16(3)22(21)13-19)14-23(25)17-6-8-18(9-7-17)24(26)27-4/h5-13,15,23,25H,14H2,1-4H3. The molecule has 0 heterocycles. The first-order valence-corrected chi connectivity index (χ1v) is 9.29. The fourth-order valence-corrected chi connectivity index (χ4v) is 3.40. The number of aryl methyl sites for hydroxylation is 1. The summed E-state index contributed by atoms with van der Waals surface area (Å²) in [6, 6.07) is 17.8. The third-order valence-corrected chi connectivity index (χ3v) is 5.15. The molecule has 2 aliphatic carbocycles. The maximum Gasteiger partial charge on any atom is 0.337 e. The Morgan fingerprint density at radius 3 is 2.26 bits per heavy atom. The molecule has 0 fully saturated rings. The van der Waals surface area contributed by atoms with Crippen LogP contribution >= 0.6 is 0 Å². The van der Waals surface area contributed by atoms with E-state index >= 15 is 0 Å². The second-order valence-corrected chi connectivity index (χ2v) is 7.33. The van der Waals surface area contributed by atoms with Gasteiger partial charge in [-0.2, -0.15) is 0 Å². The zero-order chi connectivity index (χ0) is 19.6. The number of rotatable bonds is 5. The fourth-order valence-electron chi connectivity index (χ4n) is 3.40. The topological polar surface area (TPSA) is 46.5 Å². The lowest BCUT2D eigenvalue weighted by molar-refractivity contribution is 0.0600. The summed E-state index contributed by atoms with van der Waals surface area (Å²) < 4.78 is 4.72. The molecule has 1 atom stereocenters. The average Bonchev–Trinajstić information content (AvgIpc) is 2.92. The molecule has 0 amide bonds. The molecule has 0 radical (unpaired) electrons. The van der Waals surface area contributed by atoms with Crippen LogP contribution in [0.1, 0.15) is 58.5 Å². The van der Waals surface area contributed by atoms with Gasteiger partial charge in [-0.25, -0.2) is 4.79 Å². The second-order valence-electron chi connectivity index (χ2n) is 7.33. The van der Waals surface area contributed by atoms with E-state index in [0.717, 1.165) is 11.1 Å². The average molecular weight is 362 g/mol. The second kappa shape index (κ2) is 7.93. The summed E-state index contributed by atoms with van der Waals surface area (Å²) in [4.78, 5) is 11.6. The van der Waals surface area contributed by atoms with Crippen LogP contribution in [0.2, 0.25) is 0 Å². The molecular weight excluding hydrogens is 336 g/mol. The Balaban J connectivity index is 1.90. The largest absolute Gasteiger partial charge is 0.465 e. The minimum absolute atomic E-state index is 0.374. The third-order valence-electron chi connectivity index (χ3n) is 5.15. The van der Waals surface area contributed by atoms with E-state index in [1.807, 2.05) is 0 Å². The van der Waals surface area contributed by atoms with Crippen molar-refractivity contribution < 1.29 is 14.6 Å². The van der Waals surface area contributed by atoms with E-state index in [1.165, 1.54) is 29.4 Å². The van der Waals surface area contributed by atoms with Gasteiger partial charge in [0.15, 0.2) is 0 Å². The number of hydrogen-bond acceptors (Lipinski definition) is 3. The van der Waals surface area contributed by atoms with Crippen molar-refractivity contribution in [2.24, 2.45) is 0 Å². The van der Waals surface area contributed by atoms with Gasteiger partial charge in [0, 0.05) is 6.42 Å². The van der Waals surface area contributed by atoms with E-state index in [2.05, 4.69) is 51.1 Å². The summed E-state index contributed by atoms with van der Waals surface area (Å²) in [5, 5.41) is 10.8. The Morgan fingerprint density at radius 2 is 1.63 bits per heavy atom. The maximum absolute atomic E-state index is 11.6. The molecule has 1 aromatic rings. The van der Waals surface area contributed by atoms with Gasteiger partial charge in [0.2, 0.25) is 0 Å². The smallest absolute Gasteiger partial charge is 0.337 e. The van der Waals surface area contributed by atoms with Crippen molar-refractivity contribution in [2.75, 3.05) is 7.11 Å². The third kappa shape index (κ3) is 4.04. The molecule has 0 saturated carbocycles. The Hall–Kier alpha value is -2.65. The van der Waals surface area contributed by atoms with Gasteiger partial charge in [-0.1, -0.05) is 56.3 Å². The molecule has 0 saturated heterocycles. The summed E-state index contributed by atoms with van der Waals surface area (Å²) in [7, 11) is 1.36. The first-order chi connectivity index (χ1) is 12.9. The number of carbonyl (C=O) groups excluding carboxylic acids is 1. The molecule has 27 heavy (non-hydrogen) atoms. The van der Waals surface area contributed by atoms with Gasteiger partial charge in [0.25, 0.3) is 0 Å². The van der Waals surface area contributed by atoms with E-state index < -0.39 is 6.10 Å². The van der Waals surface area contributed by atoms with Crippen LogP contribution in [0.15, 0.2) is 54.6 Å². The first kappa shape index (κ1) is 19.1. The molecule has 0 aromatic heterocycles. The number of aliphatic hydroxyl groups excluding tert-OH is 1. The van der Waals surface area contributed by atoms with E-state index in [9.17, 15) is 9.90 Å². The van der Waals surface area contributed by atoms with Crippen molar-refractivity contribution in [1.29, 1.82) is 0 Å². The summed E-state index contributed by atoms with van der Waals surface area (Å²) in [5.74, 6) is 0.0693. The van der Waals surface area contributed by atoms with Crippen LogP contribution in [0.25, 0.3) is 11.1 Å². The van der Waals surface area contributed by atoms with Crippen molar-refractivity contribution in [1.82, 2.24) is 0 Å². The number of ether oxygens (including phenoxy) is 1. The highest BCUT2D eigenvalue weighted by atomic mass is 16.5. The minimum Gasteiger partial charge on any atom is -0.465 e. The maximum atomic E-state index is 11.6. The van der Waals surface area contributed by atoms with Crippen molar-refractivity contribution >= 4 is 5.97 Å². The zero-order valence-electron chi connectivity index (χ0n) is 16.3. The highest BCUT2D eigenvalue weighted by Crippen LogP contribution is 2.34. The SMILES string of the molecule is COC(=O)c1ccc(C(O)Cc2ccc(C(C)C)cc3c(C)ccc2-3)cc1. The lowest BCUT2D eigenvalue weighted by Crippen LogP contribution is -2.05. The molecule has 0 spiro atoms. The van der Waals surface area contributed by atoms with E-state index in [4.69, 9.17) is 4.74 Å². The lowest BCUT2D eigenvalue weighted by atomic mass is 9.96.